The summed E-state index contributed by atoms with van der Waals surface area (Å²) in [6, 6.07) is 89.9. The number of nitrogens with two attached hydrogens (primary N) is 2. The van der Waals surface area contributed by atoms with E-state index in [1.807, 2.05) is 132 Å². The molecule has 15 rings (SSSR count). The molecule has 0 bridgehead atoms. The molecule has 0 amide bonds. The Hall–Kier alpha value is -11.3. The first-order chi connectivity index (χ1) is 54.1. The molecule has 0 fully saturated rings. The zero-order valence-corrected chi connectivity index (χ0v) is 66.9. The Labute approximate surface area is 679 Å². The minimum absolute atomic E-state index is 0.176. The number of phenolic OH excluding ortho intramolecular Hbond substituents is 1. The SMILES string of the molecule is BrCc1cccc(Br)c1.Brc1cccc(Cn2cncn2)c1.NS(=O)(=O)Cl.NS(=O)(=O)Oc1ccc(-c2cccc(Cn3cncn3)c2)cc1.OB(O)c1ccc(OCc2ccccc2)cc1.Oc1ccc(-c2cccc(Cn3cncn3)c2)cc1.c1ccc(COc2ccc(-c3cccc(Cn4cncn4)c3)cc2)cc1. The highest BCUT2D eigenvalue weighted by Gasteiger charge is 2.11. The van der Waals surface area contributed by atoms with Gasteiger partial charge in [0.1, 0.15) is 86.8 Å². The third-order valence-corrected chi connectivity index (χ3v) is 17.5. The van der Waals surface area contributed by atoms with E-state index in [4.69, 9.17) is 24.7 Å². The van der Waals surface area contributed by atoms with Crippen molar-refractivity contribution in [1.82, 2.24) is 59.1 Å². The summed E-state index contributed by atoms with van der Waals surface area (Å²) in [6.07, 6.45) is 12.9. The van der Waals surface area contributed by atoms with Crippen molar-refractivity contribution in [2.45, 2.75) is 44.7 Å². The topological polar surface area (TPSA) is 332 Å². The van der Waals surface area contributed by atoms with Gasteiger partial charge in [0.05, 0.1) is 26.2 Å². The predicted molar refractivity (Wildman–Crippen MR) is 445 cm³/mol. The third kappa shape index (κ3) is 32.0. The molecule has 0 atom stereocenters. The van der Waals surface area contributed by atoms with E-state index in [-0.39, 0.29) is 11.5 Å². The van der Waals surface area contributed by atoms with Gasteiger partial charge in [-0.15, -0.1) is 0 Å². The number of benzene rings is 11. The van der Waals surface area contributed by atoms with Gasteiger partial charge in [0.2, 0.25) is 0 Å². The van der Waals surface area contributed by atoms with Crippen LogP contribution < -0.4 is 29.4 Å². The molecule has 0 spiro atoms. The van der Waals surface area contributed by atoms with Crippen LogP contribution in [-0.4, -0.2) is 98.2 Å². The first-order valence-corrected chi connectivity index (χ1v) is 40.5. The lowest BCUT2D eigenvalue weighted by Gasteiger charge is -2.09. The molecule has 572 valence electrons. The van der Waals surface area contributed by atoms with E-state index in [1.165, 1.54) is 41.2 Å². The number of nitrogens with zero attached hydrogens (tertiary/aromatic N) is 12. The lowest BCUT2D eigenvalue weighted by atomic mass is 9.80. The summed E-state index contributed by atoms with van der Waals surface area (Å²) < 4.78 is 65.5. The maximum atomic E-state index is 10.9. The second kappa shape index (κ2) is 44.5. The maximum Gasteiger partial charge on any atom is 0.488 e. The first kappa shape index (κ1) is 84.7. The molecular formula is C81H75BBr3ClN14O10S2. The molecule has 4 heterocycles. The molecule has 31 heteroatoms. The van der Waals surface area contributed by atoms with Gasteiger partial charge in [-0.3, -0.25) is 0 Å². The van der Waals surface area contributed by atoms with E-state index >= 15 is 0 Å². The number of aromatic nitrogens is 12. The normalized spacial score (nSPS) is 10.6. The van der Waals surface area contributed by atoms with Crippen molar-refractivity contribution in [3.8, 4) is 56.4 Å². The molecule has 0 radical (unpaired) electrons. The minimum Gasteiger partial charge on any atom is -0.508 e. The van der Waals surface area contributed by atoms with Gasteiger partial charge >= 0.3 is 17.4 Å². The van der Waals surface area contributed by atoms with E-state index in [9.17, 15) is 21.9 Å². The molecule has 7 N–H and O–H groups in total. The lowest BCUT2D eigenvalue weighted by molar-refractivity contribution is 0.306. The van der Waals surface area contributed by atoms with Gasteiger partial charge in [0, 0.05) is 25.0 Å². The van der Waals surface area contributed by atoms with Crippen LogP contribution in [0, 0.1) is 0 Å². The largest absolute Gasteiger partial charge is 0.508 e. The molecular weight excluding hydrogens is 1680 g/mol. The van der Waals surface area contributed by atoms with E-state index in [0.29, 0.717) is 44.1 Å². The van der Waals surface area contributed by atoms with Crippen LogP contribution in [0.25, 0.3) is 33.4 Å². The smallest absolute Gasteiger partial charge is 0.488 e. The second-order valence-electron chi connectivity index (χ2n) is 24.0. The summed E-state index contributed by atoms with van der Waals surface area (Å²) in [5.41, 5.74) is 15.1. The van der Waals surface area contributed by atoms with Crippen LogP contribution in [0.3, 0.4) is 0 Å². The summed E-state index contributed by atoms with van der Waals surface area (Å²) in [4.78, 5) is 15.7. The summed E-state index contributed by atoms with van der Waals surface area (Å²) in [7, 11) is -4.85. The maximum absolute atomic E-state index is 10.9. The Balaban J connectivity index is 0.000000156. The van der Waals surface area contributed by atoms with Gasteiger partial charge < -0.3 is 28.8 Å². The van der Waals surface area contributed by atoms with Gasteiger partial charge in [-0.2, -0.15) is 42.4 Å². The molecule has 0 aliphatic rings. The van der Waals surface area contributed by atoms with Crippen LogP contribution in [0.2, 0.25) is 0 Å². The van der Waals surface area contributed by atoms with Crippen LogP contribution in [0.5, 0.6) is 23.0 Å². The standard InChI is InChI=1S/C22H19N3O.C15H14N4O3S.C15H13N3O.C13H13BO3.C9H8BrN3.C7H6Br2.ClH2NO2S/c1-2-5-18(6-3-1)15-26-22-11-9-20(10-12-22)21-8-4-7-19(13-21)14-25-17-23-16-24-25;16-23(20,21)22-15-6-4-13(5-7-15)14-3-1-2-12(8-14)9-19-11-17-10-18-19;19-15-6-4-13(5-7-15)14-3-1-2-12(8-14)9-18-11-16-10-17-18;15-14(16)12-6-8-13(9-7-12)17-10-11-4-2-1-3-5-11;10-9-3-1-2-8(4-9)5-13-7-11-6-12-13;8-5-6-2-1-3-7(9)4-6;1-5(2,3)4/h1-13,16-17H,14-15H2;1-8,10-11H,9H2,(H2,16,20,21);1-8,10-11,19H,9H2;1-9,15-16H,10H2;1-4,6-7H,5H2;1-4H,5H2;(H2,2,3,4). The Morgan fingerprint density at radius 2 is 0.679 bits per heavy atom. The van der Waals surface area contributed by atoms with Gasteiger partial charge in [0.25, 0.3) is 9.24 Å². The Kier molecular flexibility index (Phi) is 33.7. The third-order valence-electron chi connectivity index (χ3n) is 15.4. The van der Waals surface area contributed by atoms with Crippen molar-refractivity contribution < 1.29 is 45.6 Å². The van der Waals surface area contributed by atoms with Crippen molar-refractivity contribution in [3.63, 3.8) is 0 Å². The van der Waals surface area contributed by atoms with Gasteiger partial charge in [-0.1, -0.05) is 236 Å². The Bertz CT molecular complexity index is 5450. The predicted octanol–water partition coefficient (Wildman–Crippen LogP) is 14.7. The van der Waals surface area contributed by atoms with Gasteiger partial charge in [-0.25, -0.2) is 43.8 Å². The molecule has 0 aliphatic heterocycles. The molecule has 4 aromatic heterocycles. The van der Waals surface area contributed by atoms with Crippen molar-refractivity contribution in [3.05, 3.63) is 378 Å². The van der Waals surface area contributed by atoms with Crippen molar-refractivity contribution in [2.24, 2.45) is 10.3 Å². The number of halogens is 4. The highest BCUT2D eigenvalue weighted by Crippen LogP contribution is 2.28. The van der Waals surface area contributed by atoms with Crippen LogP contribution >= 0.6 is 58.5 Å². The molecule has 0 saturated heterocycles. The van der Waals surface area contributed by atoms with E-state index in [2.05, 4.69) is 199 Å². The summed E-state index contributed by atoms with van der Waals surface area (Å²) in [6.45, 7) is 3.88. The van der Waals surface area contributed by atoms with E-state index in [0.717, 1.165) is 76.6 Å². The Morgan fingerprint density at radius 1 is 0.375 bits per heavy atom. The lowest BCUT2D eigenvalue weighted by Crippen LogP contribution is -2.29. The van der Waals surface area contributed by atoms with Crippen LogP contribution in [0.1, 0.15) is 38.9 Å². The quantitative estimate of drug-likeness (QED) is 0.0253. The molecule has 0 saturated carbocycles. The minimum atomic E-state index is -4.01. The average Bonchev–Trinajstić information content (AvgIpc) is 1.07. The highest BCUT2D eigenvalue weighted by atomic mass is 79.9. The number of hydrogen-bond acceptors (Lipinski definition) is 18. The van der Waals surface area contributed by atoms with E-state index < -0.39 is 26.7 Å². The second-order valence-corrected chi connectivity index (χ2v) is 29.8. The fourth-order valence-corrected chi connectivity index (χ4v) is 11.9. The summed E-state index contributed by atoms with van der Waals surface area (Å²) >= 11 is 10.2. The number of ether oxygens (including phenoxy) is 2. The van der Waals surface area contributed by atoms with Crippen molar-refractivity contribution >= 4 is 90.6 Å². The zero-order valence-electron chi connectivity index (χ0n) is 59.8. The molecule has 24 nitrogen and oxygen atoms in total. The van der Waals surface area contributed by atoms with Crippen LogP contribution in [-0.2, 0) is 64.3 Å². The van der Waals surface area contributed by atoms with E-state index in [1.54, 1.807) is 106 Å². The molecule has 0 unspecified atom stereocenters. The van der Waals surface area contributed by atoms with Crippen molar-refractivity contribution in [1.29, 1.82) is 0 Å². The van der Waals surface area contributed by atoms with Crippen molar-refractivity contribution in [2.75, 3.05) is 0 Å². The Morgan fingerprint density at radius 3 is 0.991 bits per heavy atom. The molecule has 112 heavy (non-hydrogen) atoms. The fourth-order valence-electron chi connectivity index (χ4n) is 10.3. The number of hydrogen-bond donors (Lipinski definition) is 5. The number of aromatic hydroxyl groups is 1. The number of phenols is 1. The summed E-state index contributed by atoms with van der Waals surface area (Å²) in [5, 5.41) is 53.4. The summed E-state index contributed by atoms with van der Waals surface area (Å²) in [5.74, 6) is 2.03. The van der Waals surface area contributed by atoms with Crippen LogP contribution in [0.15, 0.2) is 339 Å². The van der Waals surface area contributed by atoms with Gasteiger partial charge in [-0.05, 0) is 169 Å². The number of alkyl halides is 1. The van der Waals surface area contributed by atoms with Gasteiger partial charge in [0.15, 0.2) is 0 Å². The average molecular weight is 1750 g/mol. The zero-order chi connectivity index (χ0) is 79.3. The highest BCUT2D eigenvalue weighted by molar-refractivity contribution is 9.10. The number of rotatable bonds is 21. The molecule has 0 aliphatic carbocycles. The fraction of sp³-hybridized carbons (Fsp3) is 0.0864. The molecule has 15 aromatic rings. The monoisotopic (exact) mass is 1750 g/mol. The van der Waals surface area contributed by atoms with Crippen LogP contribution in [0.4, 0.5) is 0 Å². The first-order valence-electron chi connectivity index (χ1n) is 34.0. The molecule has 11 aromatic carbocycles.